The first-order chi connectivity index (χ1) is 9.54. The molecule has 0 aliphatic carbocycles. The molecule has 0 bridgehead atoms. The molecule has 0 aromatic heterocycles. The first kappa shape index (κ1) is 13.6. The number of aromatic carboxylic acids is 1. The maximum Gasteiger partial charge on any atom is 0.340 e. The van der Waals surface area contributed by atoms with Crippen LogP contribution >= 0.6 is 0 Å². The highest BCUT2D eigenvalue weighted by atomic mass is 19.1. The van der Waals surface area contributed by atoms with Crippen molar-refractivity contribution in [3.63, 3.8) is 0 Å². The van der Waals surface area contributed by atoms with Crippen molar-refractivity contribution in [1.29, 1.82) is 5.26 Å². The molecule has 2 rings (SSSR count). The van der Waals surface area contributed by atoms with Crippen molar-refractivity contribution >= 4 is 17.3 Å². The van der Waals surface area contributed by atoms with Crippen LogP contribution < -0.4 is 4.90 Å². The number of halogens is 1. The van der Waals surface area contributed by atoms with Gasteiger partial charge in [0.2, 0.25) is 0 Å². The third-order valence-corrected chi connectivity index (χ3v) is 2.93. The van der Waals surface area contributed by atoms with Crippen molar-refractivity contribution in [1.82, 2.24) is 0 Å². The number of benzene rings is 2. The Labute approximate surface area is 115 Å². The van der Waals surface area contributed by atoms with Crippen LogP contribution in [0.3, 0.4) is 0 Å². The molecule has 0 saturated carbocycles. The lowest BCUT2D eigenvalue weighted by molar-refractivity contribution is 0.0693. The number of hydrogen-bond donors (Lipinski definition) is 1. The van der Waals surface area contributed by atoms with Gasteiger partial charge >= 0.3 is 5.97 Å². The lowest BCUT2D eigenvalue weighted by Crippen LogP contribution is -2.15. The lowest BCUT2D eigenvalue weighted by Gasteiger charge is -2.21. The van der Waals surface area contributed by atoms with Gasteiger partial charge in [0.1, 0.15) is 11.4 Å². The summed E-state index contributed by atoms with van der Waals surface area (Å²) in [6, 6.07) is 12.7. The number of nitrogens with zero attached hydrogens (tertiary/aromatic N) is 2. The second kappa shape index (κ2) is 5.41. The molecule has 5 heteroatoms. The quantitative estimate of drug-likeness (QED) is 0.930. The van der Waals surface area contributed by atoms with Crippen LogP contribution in [0.2, 0.25) is 0 Å². The van der Waals surface area contributed by atoms with Gasteiger partial charge in [0.25, 0.3) is 0 Å². The Hall–Kier alpha value is -2.87. The summed E-state index contributed by atoms with van der Waals surface area (Å²) in [7, 11) is 1.62. The van der Waals surface area contributed by atoms with E-state index in [9.17, 15) is 9.18 Å². The van der Waals surface area contributed by atoms with E-state index < -0.39 is 17.3 Å². The van der Waals surface area contributed by atoms with Gasteiger partial charge in [-0.15, -0.1) is 0 Å². The average molecular weight is 270 g/mol. The summed E-state index contributed by atoms with van der Waals surface area (Å²) in [4.78, 5) is 12.7. The van der Waals surface area contributed by atoms with E-state index in [0.717, 1.165) is 6.07 Å². The lowest BCUT2D eigenvalue weighted by atomic mass is 10.1. The maximum atomic E-state index is 13.7. The molecule has 0 fully saturated rings. The normalized spacial score (nSPS) is 9.85. The summed E-state index contributed by atoms with van der Waals surface area (Å²) < 4.78 is 13.7. The van der Waals surface area contributed by atoms with E-state index in [-0.39, 0.29) is 5.69 Å². The van der Waals surface area contributed by atoms with E-state index in [1.165, 1.54) is 17.0 Å². The number of rotatable bonds is 3. The van der Waals surface area contributed by atoms with Crippen molar-refractivity contribution in [2.45, 2.75) is 0 Å². The van der Waals surface area contributed by atoms with Gasteiger partial charge in [0.15, 0.2) is 0 Å². The first-order valence-electron chi connectivity index (χ1n) is 5.80. The van der Waals surface area contributed by atoms with Crippen LogP contribution in [0.15, 0.2) is 42.5 Å². The predicted octanol–water partition coefficient (Wildman–Crippen LogP) is 3.16. The van der Waals surface area contributed by atoms with Gasteiger partial charge in [-0.1, -0.05) is 12.1 Å². The Morgan fingerprint density at radius 3 is 2.65 bits per heavy atom. The van der Waals surface area contributed by atoms with Crippen LogP contribution in [-0.2, 0) is 0 Å². The molecule has 1 N–H and O–H groups in total. The minimum Gasteiger partial charge on any atom is -0.478 e. The fraction of sp³-hybridized carbons (Fsp3) is 0.0667. The van der Waals surface area contributed by atoms with E-state index >= 15 is 0 Å². The Kier molecular flexibility index (Phi) is 3.67. The zero-order valence-corrected chi connectivity index (χ0v) is 10.7. The second-order valence-corrected chi connectivity index (χ2v) is 4.16. The van der Waals surface area contributed by atoms with Crippen LogP contribution in [0, 0.1) is 17.1 Å². The second-order valence-electron chi connectivity index (χ2n) is 4.16. The Morgan fingerprint density at radius 1 is 1.30 bits per heavy atom. The number of hydrogen-bond acceptors (Lipinski definition) is 3. The van der Waals surface area contributed by atoms with E-state index in [2.05, 4.69) is 0 Å². The highest BCUT2D eigenvalue weighted by Crippen LogP contribution is 2.29. The fourth-order valence-electron chi connectivity index (χ4n) is 1.93. The van der Waals surface area contributed by atoms with Crippen LogP contribution in [0.5, 0.6) is 0 Å². The van der Waals surface area contributed by atoms with Crippen molar-refractivity contribution < 1.29 is 14.3 Å². The molecule has 2 aromatic carbocycles. The Bertz CT molecular complexity index is 707. The van der Waals surface area contributed by atoms with E-state index in [0.29, 0.717) is 11.3 Å². The molecule has 20 heavy (non-hydrogen) atoms. The third kappa shape index (κ3) is 2.45. The Morgan fingerprint density at radius 2 is 2.00 bits per heavy atom. The minimum absolute atomic E-state index is 0.229. The first-order valence-corrected chi connectivity index (χ1v) is 5.80. The average Bonchev–Trinajstić information content (AvgIpc) is 2.45. The standard InChI is InChI=1S/C15H11FN2O2/c1-18(11-5-2-4-10(8-11)9-17)13-7-3-6-12(16)14(13)15(19)20/h2-8H,1H3,(H,19,20). The molecule has 0 spiro atoms. The summed E-state index contributed by atoms with van der Waals surface area (Å²) >= 11 is 0. The Balaban J connectivity index is 2.54. The van der Waals surface area contributed by atoms with Crippen molar-refractivity contribution in [3.05, 3.63) is 59.4 Å². The minimum atomic E-state index is -1.33. The number of carboxylic acid groups (broad SMARTS) is 1. The smallest absolute Gasteiger partial charge is 0.340 e. The van der Waals surface area contributed by atoms with Crippen molar-refractivity contribution in [2.24, 2.45) is 0 Å². The van der Waals surface area contributed by atoms with Crippen LogP contribution in [-0.4, -0.2) is 18.1 Å². The number of carbonyl (C=O) groups is 1. The molecule has 0 unspecified atom stereocenters. The van der Waals surface area contributed by atoms with E-state index in [4.69, 9.17) is 10.4 Å². The van der Waals surface area contributed by atoms with Gasteiger partial charge in [-0.3, -0.25) is 0 Å². The van der Waals surface area contributed by atoms with Crippen LogP contribution in [0.4, 0.5) is 15.8 Å². The van der Waals surface area contributed by atoms with E-state index in [1.807, 2.05) is 6.07 Å². The van der Waals surface area contributed by atoms with Crippen LogP contribution in [0.25, 0.3) is 0 Å². The SMILES string of the molecule is CN(c1cccc(C#N)c1)c1cccc(F)c1C(=O)O. The van der Waals surface area contributed by atoms with Gasteiger partial charge in [0.05, 0.1) is 17.3 Å². The molecule has 0 aliphatic heterocycles. The topological polar surface area (TPSA) is 64.3 Å². The highest BCUT2D eigenvalue weighted by Gasteiger charge is 2.19. The monoisotopic (exact) mass is 270 g/mol. The van der Waals surface area contributed by atoms with Gasteiger partial charge in [-0.05, 0) is 30.3 Å². The summed E-state index contributed by atoms with van der Waals surface area (Å²) in [5, 5.41) is 18.0. The fourth-order valence-corrected chi connectivity index (χ4v) is 1.93. The van der Waals surface area contributed by atoms with Crippen molar-refractivity contribution in [2.75, 3.05) is 11.9 Å². The molecule has 0 atom stereocenters. The van der Waals surface area contributed by atoms with Gasteiger partial charge in [-0.25, -0.2) is 9.18 Å². The molecular weight excluding hydrogens is 259 g/mol. The molecule has 4 nitrogen and oxygen atoms in total. The number of anilines is 2. The van der Waals surface area contributed by atoms with Crippen molar-refractivity contribution in [3.8, 4) is 6.07 Å². The third-order valence-electron chi connectivity index (χ3n) is 2.93. The molecule has 100 valence electrons. The summed E-state index contributed by atoms with van der Waals surface area (Å²) in [6.07, 6.45) is 0. The zero-order chi connectivity index (χ0) is 14.7. The van der Waals surface area contributed by atoms with Gasteiger partial charge in [0, 0.05) is 12.7 Å². The molecule has 0 radical (unpaired) electrons. The van der Waals surface area contributed by atoms with Crippen LogP contribution in [0.1, 0.15) is 15.9 Å². The summed E-state index contributed by atoms with van der Waals surface area (Å²) in [5.41, 5.74) is 0.893. The van der Waals surface area contributed by atoms with Gasteiger partial charge in [-0.2, -0.15) is 5.26 Å². The highest BCUT2D eigenvalue weighted by molar-refractivity contribution is 5.95. The summed E-state index contributed by atoms with van der Waals surface area (Å²) in [5.74, 6) is -2.13. The molecular formula is C15H11FN2O2. The van der Waals surface area contributed by atoms with E-state index in [1.54, 1.807) is 31.3 Å². The molecule has 0 saturated heterocycles. The predicted molar refractivity (Wildman–Crippen MR) is 72.6 cm³/mol. The summed E-state index contributed by atoms with van der Waals surface area (Å²) in [6.45, 7) is 0. The zero-order valence-electron chi connectivity index (χ0n) is 10.7. The molecule has 0 aliphatic rings. The van der Waals surface area contributed by atoms with Gasteiger partial charge < -0.3 is 10.0 Å². The number of nitriles is 1. The largest absolute Gasteiger partial charge is 0.478 e. The maximum absolute atomic E-state index is 13.7. The molecule has 0 heterocycles. The number of carboxylic acids is 1. The molecule has 0 amide bonds. The molecule has 2 aromatic rings.